The summed E-state index contributed by atoms with van der Waals surface area (Å²) >= 11 is 0. The molecule has 3 aromatic rings. The molecule has 2 aromatic heterocycles. The van der Waals surface area contributed by atoms with Gasteiger partial charge in [-0.15, -0.1) is 24.8 Å². The van der Waals surface area contributed by atoms with Crippen LogP contribution in [-0.4, -0.2) is 35.9 Å². The molecule has 1 atom stereocenters. The molecule has 1 aliphatic heterocycles. The average Bonchev–Trinajstić information content (AvgIpc) is 2.74. The van der Waals surface area contributed by atoms with Crippen LogP contribution < -0.4 is 10.9 Å². The molecule has 1 saturated heterocycles. The van der Waals surface area contributed by atoms with E-state index < -0.39 is 5.63 Å². The number of hydrogen-bond donors (Lipinski definition) is 1. The van der Waals surface area contributed by atoms with Crippen molar-refractivity contribution in [3.05, 3.63) is 75.6 Å². The Morgan fingerprint density at radius 3 is 2.81 bits per heavy atom. The van der Waals surface area contributed by atoms with Gasteiger partial charge in [-0.1, -0.05) is 18.2 Å². The van der Waals surface area contributed by atoms with E-state index in [-0.39, 0.29) is 42.2 Å². The first-order chi connectivity index (χ1) is 14.0. The van der Waals surface area contributed by atoms with Crippen LogP contribution in [0.4, 0.5) is 0 Å². The summed E-state index contributed by atoms with van der Waals surface area (Å²) in [6.07, 6.45) is 5.58. The molecule has 1 unspecified atom stereocenters. The number of piperidine rings is 1. The SMILES string of the molecule is Cc1cc(C2CCCNC2)oc(=O)c1C(=O)N(C)Cc1cccc2cnccc12.Cl.Cl. The summed E-state index contributed by atoms with van der Waals surface area (Å²) in [7, 11) is 1.71. The van der Waals surface area contributed by atoms with E-state index in [2.05, 4.69) is 10.3 Å². The van der Waals surface area contributed by atoms with E-state index in [9.17, 15) is 9.59 Å². The molecule has 6 nitrogen and oxygen atoms in total. The molecule has 4 rings (SSSR count). The summed E-state index contributed by atoms with van der Waals surface area (Å²) in [5.74, 6) is 0.525. The number of hydrogen-bond acceptors (Lipinski definition) is 5. The summed E-state index contributed by atoms with van der Waals surface area (Å²) in [4.78, 5) is 31.4. The Hall–Kier alpha value is -2.41. The third-order valence-corrected chi connectivity index (χ3v) is 5.61. The number of nitrogens with one attached hydrogen (secondary N) is 1. The smallest absolute Gasteiger partial charge is 0.349 e. The van der Waals surface area contributed by atoms with Gasteiger partial charge in [0.15, 0.2) is 0 Å². The second-order valence-corrected chi connectivity index (χ2v) is 7.71. The second-order valence-electron chi connectivity index (χ2n) is 7.71. The van der Waals surface area contributed by atoms with Gasteiger partial charge in [-0.25, -0.2) is 4.79 Å². The lowest BCUT2D eigenvalue weighted by molar-refractivity contribution is 0.0779. The Morgan fingerprint density at radius 1 is 1.29 bits per heavy atom. The van der Waals surface area contributed by atoms with Crippen LogP contribution in [0.15, 0.2) is 51.9 Å². The number of aryl methyl sites for hydroxylation is 1. The highest BCUT2D eigenvalue weighted by Crippen LogP contribution is 2.24. The number of fused-ring (bicyclic) bond motifs is 1. The molecule has 1 amide bonds. The van der Waals surface area contributed by atoms with E-state index in [0.717, 1.165) is 42.3 Å². The quantitative estimate of drug-likeness (QED) is 0.630. The first-order valence-electron chi connectivity index (χ1n) is 9.97. The fourth-order valence-corrected chi connectivity index (χ4v) is 4.03. The van der Waals surface area contributed by atoms with Gasteiger partial charge in [-0.05, 0) is 55.0 Å². The Labute approximate surface area is 193 Å². The van der Waals surface area contributed by atoms with Crippen molar-refractivity contribution in [3.8, 4) is 0 Å². The minimum atomic E-state index is -0.551. The van der Waals surface area contributed by atoms with Gasteiger partial charge in [0, 0.05) is 43.8 Å². The third-order valence-electron chi connectivity index (χ3n) is 5.61. The molecule has 31 heavy (non-hydrogen) atoms. The highest BCUT2D eigenvalue weighted by Gasteiger charge is 2.24. The van der Waals surface area contributed by atoms with Gasteiger partial charge in [0.05, 0.1) is 0 Å². The van der Waals surface area contributed by atoms with Gasteiger partial charge in [0.1, 0.15) is 11.3 Å². The van der Waals surface area contributed by atoms with Crippen molar-refractivity contribution >= 4 is 41.5 Å². The first-order valence-corrected chi connectivity index (χ1v) is 9.97. The predicted octanol–water partition coefficient (Wildman–Crippen LogP) is 4.08. The van der Waals surface area contributed by atoms with Crippen LogP contribution in [0.2, 0.25) is 0 Å². The van der Waals surface area contributed by atoms with Crippen molar-refractivity contribution in [1.82, 2.24) is 15.2 Å². The maximum absolute atomic E-state index is 13.1. The standard InChI is InChI=1S/C23H25N3O3.2ClH/c1-15-11-20(17-7-4-9-24-13-17)29-23(28)21(15)22(27)26(2)14-18-6-3-5-16-12-25-10-8-19(16)18;;/h3,5-6,8,10-12,17,24H,4,7,9,13-14H2,1-2H3;2*1H. The zero-order valence-corrected chi connectivity index (χ0v) is 19.2. The largest absolute Gasteiger partial charge is 0.427 e. The van der Waals surface area contributed by atoms with Gasteiger partial charge < -0.3 is 14.6 Å². The van der Waals surface area contributed by atoms with E-state index in [4.69, 9.17) is 4.42 Å². The van der Waals surface area contributed by atoms with Gasteiger partial charge in [0.2, 0.25) is 0 Å². The van der Waals surface area contributed by atoms with Crippen LogP contribution in [0.25, 0.3) is 10.8 Å². The third kappa shape index (κ3) is 5.26. The maximum atomic E-state index is 13.1. The van der Waals surface area contributed by atoms with Gasteiger partial charge in [-0.2, -0.15) is 0 Å². The van der Waals surface area contributed by atoms with E-state index in [1.54, 1.807) is 31.3 Å². The minimum Gasteiger partial charge on any atom is -0.427 e. The molecule has 0 bridgehead atoms. The van der Waals surface area contributed by atoms with Crippen molar-refractivity contribution in [1.29, 1.82) is 0 Å². The molecule has 8 heteroatoms. The Bertz CT molecular complexity index is 1110. The van der Waals surface area contributed by atoms with Crippen molar-refractivity contribution < 1.29 is 9.21 Å². The fourth-order valence-electron chi connectivity index (χ4n) is 4.03. The second kappa shape index (κ2) is 10.8. The number of carbonyl (C=O) groups excluding carboxylic acids is 1. The van der Waals surface area contributed by atoms with Gasteiger partial charge in [0.25, 0.3) is 5.91 Å². The fraction of sp³-hybridized carbons (Fsp3) is 0.348. The Balaban J connectivity index is 0.00000171. The number of rotatable bonds is 4. The molecule has 0 spiro atoms. The monoisotopic (exact) mass is 463 g/mol. The maximum Gasteiger partial charge on any atom is 0.349 e. The van der Waals surface area contributed by atoms with Crippen LogP contribution in [-0.2, 0) is 6.54 Å². The van der Waals surface area contributed by atoms with E-state index in [1.165, 1.54) is 0 Å². The lowest BCUT2D eigenvalue weighted by Gasteiger charge is -2.23. The van der Waals surface area contributed by atoms with Gasteiger partial charge >= 0.3 is 5.63 Å². The van der Waals surface area contributed by atoms with E-state index >= 15 is 0 Å². The molecule has 3 heterocycles. The summed E-state index contributed by atoms with van der Waals surface area (Å²) in [6, 6.07) is 9.72. The number of carbonyl (C=O) groups is 1. The molecule has 166 valence electrons. The highest BCUT2D eigenvalue weighted by molar-refractivity contribution is 5.95. The molecule has 1 fully saturated rings. The number of aromatic nitrogens is 1. The number of pyridine rings is 1. The predicted molar refractivity (Wildman–Crippen MR) is 127 cm³/mol. The van der Waals surface area contributed by atoms with Crippen molar-refractivity contribution in [3.63, 3.8) is 0 Å². The van der Waals surface area contributed by atoms with E-state index in [1.807, 2.05) is 30.3 Å². The molecular formula is C23H27Cl2N3O3. The summed E-state index contributed by atoms with van der Waals surface area (Å²) in [5, 5.41) is 5.40. The zero-order valence-electron chi connectivity index (χ0n) is 17.6. The average molecular weight is 464 g/mol. The lowest BCUT2D eigenvalue weighted by Crippen LogP contribution is -2.32. The number of halogens is 2. The van der Waals surface area contributed by atoms with Crippen molar-refractivity contribution in [2.75, 3.05) is 20.1 Å². The van der Waals surface area contributed by atoms with E-state index in [0.29, 0.717) is 17.9 Å². The first kappa shape index (κ1) is 24.9. The molecule has 0 radical (unpaired) electrons. The summed E-state index contributed by atoms with van der Waals surface area (Å²) in [6.45, 7) is 3.99. The molecule has 0 aliphatic carbocycles. The number of nitrogens with zero attached hydrogens (tertiary/aromatic N) is 2. The van der Waals surface area contributed by atoms with Crippen molar-refractivity contribution in [2.24, 2.45) is 0 Å². The number of benzene rings is 1. The van der Waals surface area contributed by atoms with Crippen LogP contribution >= 0.6 is 24.8 Å². The lowest BCUT2D eigenvalue weighted by atomic mass is 9.95. The highest BCUT2D eigenvalue weighted by atomic mass is 35.5. The molecule has 0 saturated carbocycles. The van der Waals surface area contributed by atoms with Crippen LogP contribution in [0.1, 0.15) is 46.0 Å². The number of amides is 1. The van der Waals surface area contributed by atoms with Crippen molar-refractivity contribution in [2.45, 2.75) is 32.2 Å². The summed E-state index contributed by atoms with van der Waals surface area (Å²) in [5.41, 5.74) is 1.24. The topological polar surface area (TPSA) is 75.4 Å². The molecule has 1 aliphatic rings. The summed E-state index contributed by atoms with van der Waals surface area (Å²) < 4.78 is 5.57. The Kier molecular flexibility index (Phi) is 8.62. The van der Waals surface area contributed by atoms with Crippen LogP contribution in [0, 0.1) is 6.92 Å². The molecule has 1 N–H and O–H groups in total. The molecular weight excluding hydrogens is 437 g/mol. The minimum absolute atomic E-state index is 0. The normalized spacial score (nSPS) is 15.6. The van der Waals surface area contributed by atoms with Gasteiger partial charge in [-0.3, -0.25) is 9.78 Å². The van der Waals surface area contributed by atoms with Crippen LogP contribution in [0.3, 0.4) is 0 Å². The molecule has 1 aromatic carbocycles. The zero-order chi connectivity index (χ0) is 20.4. The Morgan fingerprint density at radius 2 is 2.10 bits per heavy atom. The van der Waals surface area contributed by atoms with Crippen LogP contribution in [0.5, 0.6) is 0 Å².